The van der Waals surface area contributed by atoms with Crippen molar-refractivity contribution in [3.8, 4) is 0 Å². The van der Waals surface area contributed by atoms with E-state index >= 15 is 0 Å². The topological polar surface area (TPSA) is 15.3 Å². The zero-order valence-electron chi connectivity index (χ0n) is 13.1. The van der Waals surface area contributed by atoms with Gasteiger partial charge < -0.3 is 5.32 Å². The molecule has 1 N–H and O–H groups in total. The van der Waals surface area contributed by atoms with Crippen LogP contribution in [0.4, 0.5) is 0 Å². The molecule has 0 saturated heterocycles. The van der Waals surface area contributed by atoms with Crippen LogP contribution in [-0.4, -0.2) is 31.1 Å². The van der Waals surface area contributed by atoms with Crippen LogP contribution in [0.15, 0.2) is 30.3 Å². The van der Waals surface area contributed by atoms with E-state index in [1.54, 1.807) is 0 Å². The van der Waals surface area contributed by atoms with Crippen LogP contribution in [-0.2, 0) is 6.54 Å². The zero-order valence-corrected chi connectivity index (χ0v) is 13.1. The number of rotatable bonds is 9. The summed E-state index contributed by atoms with van der Waals surface area (Å²) >= 11 is 0. The first-order chi connectivity index (χ1) is 9.13. The molecule has 0 fully saturated rings. The van der Waals surface area contributed by atoms with Crippen LogP contribution in [0.1, 0.15) is 39.7 Å². The Bertz CT molecular complexity index is 336. The van der Waals surface area contributed by atoms with Crippen LogP contribution in [0, 0.1) is 5.41 Å². The summed E-state index contributed by atoms with van der Waals surface area (Å²) in [4.78, 5) is 2.55. The largest absolute Gasteiger partial charge is 0.316 e. The Balaban J connectivity index is 2.59. The second-order valence-electron chi connectivity index (χ2n) is 5.73. The summed E-state index contributed by atoms with van der Waals surface area (Å²) in [5, 5.41) is 3.51. The first-order valence-corrected chi connectivity index (χ1v) is 7.60. The van der Waals surface area contributed by atoms with E-state index in [1.807, 2.05) is 0 Å². The van der Waals surface area contributed by atoms with E-state index in [0.717, 1.165) is 32.7 Å². The van der Waals surface area contributed by atoms with E-state index in [1.165, 1.54) is 12.0 Å². The van der Waals surface area contributed by atoms with Crippen molar-refractivity contribution < 1.29 is 0 Å². The average molecular weight is 262 g/mol. The van der Waals surface area contributed by atoms with Gasteiger partial charge in [0.05, 0.1) is 0 Å². The highest BCUT2D eigenvalue weighted by atomic mass is 15.1. The second-order valence-corrected chi connectivity index (χ2v) is 5.73. The molecule has 1 aromatic carbocycles. The molecule has 1 unspecified atom stereocenters. The van der Waals surface area contributed by atoms with Gasteiger partial charge in [-0.1, -0.05) is 58.0 Å². The number of nitrogens with zero attached hydrogens (tertiary/aromatic N) is 1. The third-order valence-corrected chi connectivity index (χ3v) is 3.96. The highest BCUT2D eigenvalue weighted by Gasteiger charge is 2.24. The van der Waals surface area contributed by atoms with Gasteiger partial charge in [-0.05, 0) is 30.5 Å². The molecule has 0 spiro atoms. The van der Waals surface area contributed by atoms with Crippen molar-refractivity contribution in [2.75, 3.05) is 26.2 Å². The van der Waals surface area contributed by atoms with Gasteiger partial charge in [0.1, 0.15) is 0 Å². The summed E-state index contributed by atoms with van der Waals surface area (Å²) < 4.78 is 0. The minimum absolute atomic E-state index is 0.362. The fourth-order valence-corrected chi connectivity index (χ4v) is 2.38. The summed E-state index contributed by atoms with van der Waals surface area (Å²) in [7, 11) is 0. The van der Waals surface area contributed by atoms with Crippen molar-refractivity contribution >= 4 is 0 Å². The fraction of sp³-hybridized carbons (Fsp3) is 0.647. The summed E-state index contributed by atoms with van der Waals surface area (Å²) in [6, 6.07) is 10.8. The molecule has 0 aliphatic carbocycles. The SMILES string of the molecule is CCNCC(C)(CC)CN(CC)Cc1ccccc1. The lowest BCUT2D eigenvalue weighted by Crippen LogP contribution is -2.41. The molecule has 1 rings (SSSR count). The lowest BCUT2D eigenvalue weighted by Gasteiger charge is -2.34. The highest BCUT2D eigenvalue weighted by Crippen LogP contribution is 2.22. The van der Waals surface area contributed by atoms with Gasteiger partial charge in [0.15, 0.2) is 0 Å². The van der Waals surface area contributed by atoms with E-state index < -0.39 is 0 Å². The molecule has 0 aliphatic heterocycles. The standard InChI is InChI=1S/C17H30N2/c1-5-17(4,14-18-6-2)15-19(7-3)13-16-11-9-8-10-12-16/h8-12,18H,5-7,13-15H2,1-4H3. The maximum atomic E-state index is 3.51. The molecule has 0 radical (unpaired) electrons. The van der Waals surface area contributed by atoms with Crippen LogP contribution in [0.5, 0.6) is 0 Å². The van der Waals surface area contributed by atoms with Gasteiger partial charge in [-0.15, -0.1) is 0 Å². The minimum atomic E-state index is 0.362. The molecule has 0 saturated carbocycles. The van der Waals surface area contributed by atoms with E-state index in [2.05, 4.69) is 68.2 Å². The van der Waals surface area contributed by atoms with E-state index in [9.17, 15) is 0 Å². The monoisotopic (exact) mass is 262 g/mol. The predicted molar refractivity (Wildman–Crippen MR) is 84.3 cm³/mol. The Labute approximate surface area is 119 Å². The van der Waals surface area contributed by atoms with Crippen LogP contribution < -0.4 is 5.32 Å². The minimum Gasteiger partial charge on any atom is -0.316 e. The van der Waals surface area contributed by atoms with Gasteiger partial charge in [0.25, 0.3) is 0 Å². The first kappa shape index (κ1) is 16.2. The summed E-state index contributed by atoms with van der Waals surface area (Å²) in [5.41, 5.74) is 1.77. The predicted octanol–water partition coefficient (Wildman–Crippen LogP) is 3.53. The Hall–Kier alpha value is -0.860. The van der Waals surface area contributed by atoms with Crippen LogP contribution >= 0.6 is 0 Å². The third kappa shape index (κ3) is 5.75. The first-order valence-electron chi connectivity index (χ1n) is 7.60. The van der Waals surface area contributed by atoms with Crippen LogP contribution in [0.25, 0.3) is 0 Å². The van der Waals surface area contributed by atoms with Gasteiger partial charge in [-0.3, -0.25) is 4.90 Å². The maximum Gasteiger partial charge on any atom is 0.0233 e. The van der Waals surface area contributed by atoms with Gasteiger partial charge in [-0.2, -0.15) is 0 Å². The van der Waals surface area contributed by atoms with Crippen molar-refractivity contribution in [1.29, 1.82) is 0 Å². The fourth-order valence-electron chi connectivity index (χ4n) is 2.38. The molecule has 2 nitrogen and oxygen atoms in total. The molecule has 2 heteroatoms. The summed E-state index contributed by atoms with van der Waals surface area (Å²) in [6.07, 6.45) is 1.21. The second kappa shape index (κ2) is 8.34. The molecule has 0 aromatic heterocycles. The number of hydrogen-bond acceptors (Lipinski definition) is 2. The summed E-state index contributed by atoms with van der Waals surface area (Å²) in [6.45, 7) is 14.6. The molecule has 0 amide bonds. The van der Waals surface area contributed by atoms with Crippen molar-refractivity contribution in [2.24, 2.45) is 5.41 Å². The quantitative estimate of drug-likeness (QED) is 0.732. The van der Waals surface area contributed by atoms with Crippen molar-refractivity contribution in [3.05, 3.63) is 35.9 Å². The van der Waals surface area contributed by atoms with Gasteiger partial charge in [0.2, 0.25) is 0 Å². The molecule has 108 valence electrons. The molecule has 1 aromatic rings. The number of hydrogen-bond donors (Lipinski definition) is 1. The van der Waals surface area contributed by atoms with E-state index in [0.29, 0.717) is 5.41 Å². The van der Waals surface area contributed by atoms with Crippen molar-refractivity contribution in [2.45, 2.75) is 40.7 Å². The van der Waals surface area contributed by atoms with E-state index in [4.69, 9.17) is 0 Å². The normalized spacial score (nSPS) is 14.6. The number of nitrogens with one attached hydrogen (secondary N) is 1. The average Bonchev–Trinajstić information content (AvgIpc) is 2.45. The summed E-state index contributed by atoms with van der Waals surface area (Å²) in [5.74, 6) is 0. The third-order valence-electron chi connectivity index (χ3n) is 3.96. The Morgan fingerprint density at radius 3 is 2.32 bits per heavy atom. The van der Waals surface area contributed by atoms with Crippen molar-refractivity contribution in [3.63, 3.8) is 0 Å². The Morgan fingerprint density at radius 2 is 1.79 bits per heavy atom. The van der Waals surface area contributed by atoms with Gasteiger partial charge in [0, 0.05) is 19.6 Å². The molecule has 1 atom stereocenters. The maximum absolute atomic E-state index is 3.51. The van der Waals surface area contributed by atoms with Gasteiger partial charge >= 0.3 is 0 Å². The molecular weight excluding hydrogens is 232 g/mol. The van der Waals surface area contributed by atoms with E-state index in [-0.39, 0.29) is 0 Å². The molecule has 0 aliphatic rings. The van der Waals surface area contributed by atoms with Crippen molar-refractivity contribution in [1.82, 2.24) is 10.2 Å². The molecule has 0 bridgehead atoms. The Morgan fingerprint density at radius 1 is 1.11 bits per heavy atom. The number of benzene rings is 1. The molecular formula is C17H30N2. The molecule has 19 heavy (non-hydrogen) atoms. The lowest BCUT2D eigenvalue weighted by molar-refractivity contribution is 0.155. The van der Waals surface area contributed by atoms with Crippen LogP contribution in [0.3, 0.4) is 0 Å². The Kier molecular flexibility index (Phi) is 7.11. The smallest absolute Gasteiger partial charge is 0.0233 e. The molecule has 0 heterocycles. The van der Waals surface area contributed by atoms with Gasteiger partial charge in [-0.25, -0.2) is 0 Å². The highest BCUT2D eigenvalue weighted by molar-refractivity contribution is 5.14. The zero-order chi connectivity index (χ0) is 14.1. The van der Waals surface area contributed by atoms with Crippen LogP contribution in [0.2, 0.25) is 0 Å². The lowest BCUT2D eigenvalue weighted by atomic mass is 9.86.